The number of nitriles is 1. The van der Waals surface area contributed by atoms with E-state index in [4.69, 9.17) is 10.2 Å². The molecule has 146 valence electrons. The first-order valence-corrected chi connectivity index (χ1v) is 9.60. The predicted molar refractivity (Wildman–Crippen MR) is 107 cm³/mol. The smallest absolute Gasteiger partial charge is 0.227 e. The molecule has 0 atom stereocenters. The standard InChI is InChI=1S/C20H24FN7/c1-25-6-8-27(9-7-25)19-4-5-23-20(24-19)28-12-10-26(11-13-28)17-3-2-16(15-22)18(21)14-17/h2-5,14H,6-13H2,1H3. The molecule has 1 aromatic carbocycles. The van der Waals surface area contributed by atoms with E-state index < -0.39 is 5.82 Å². The zero-order valence-corrected chi connectivity index (χ0v) is 16.1. The summed E-state index contributed by atoms with van der Waals surface area (Å²) in [5.41, 5.74) is 0.889. The van der Waals surface area contributed by atoms with Crippen molar-refractivity contribution in [3.63, 3.8) is 0 Å². The van der Waals surface area contributed by atoms with Crippen LogP contribution in [0.25, 0.3) is 0 Å². The first-order chi connectivity index (χ1) is 13.6. The van der Waals surface area contributed by atoms with Crippen LogP contribution >= 0.6 is 0 Å². The molecule has 2 saturated heterocycles. The molecular weight excluding hydrogens is 357 g/mol. The molecule has 0 saturated carbocycles. The number of aromatic nitrogens is 2. The molecule has 2 aliphatic rings. The van der Waals surface area contributed by atoms with Crippen molar-refractivity contribution in [2.45, 2.75) is 0 Å². The normalized spacial score (nSPS) is 18.2. The Hall–Kier alpha value is -2.92. The van der Waals surface area contributed by atoms with Crippen LogP contribution in [-0.4, -0.2) is 74.3 Å². The van der Waals surface area contributed by atoms with Crippen molar-refractivity contribution < 1.29 is 4.39 Å². The van der Waals surface area contributed by atoms with Gasteiger partial charge < -0.3 is 19.6 Å². The van der Waals surface area contributed by atoms with Gasteiger partial charge in [0.15, 0.2) is 0 Å². The number of piperazine rings is 2. The zero-order valence-electron chi connectivity index (χ0n) is 16.1. The van der Waals surface area contributed by atoms with Crippen molar-refractivity contribution in [2.24, 2.45) is 0 Å². The lowest BCUT2D eigenvalue weighted by atomic mass is 10.2. The summed E-state index contributed by atoms with van der Waals surface area (Å²) in [5, 5.41) is 8.88. The Morgan fingerprint density at radius 3 is 2.29 bits per heavy atom. The lowest BCUT2D eigenvalue weighted by Gasteiger charge is -2.37. The fraction of sp³-hybridized carbons (Fsp3) is 0.450. The van der Waals surface area contributed by atoms with Crippen LogP contribution in [0, 0.1) is 17.1 Å². The van der Waals surface area contributed by atoms with E-state index in [0.29, 0.717) is 0 Å². The molecule has 0 bridgehead atoms. The van der Waals surface area contributed by atoms with E-state index in [1.54, 1.807) is 6.07 Å². The first-order valence-electron chi connectivity index (χ1n) is 9.60. The van der Waals surface area contributed by atoms with Gasteiger partial charge in [-0.1, -0.05) is 0 Å². The van der Waals surface area contributed by atoms with Gasteiger partial charge >= 0.3 is 0 Å². The van der Waals surface area contributed by atoms with Crippen LogP contribution in [0.1, 0.15) is 5.56 Å². The van der Waals surface area contributed by atoms with Gasteiger partial charge in [0.05, 0.1) is 5.56 Å². The Bertz CT molecular complexity index is 865. The number of hydrogen-bond donors (Lipinski definition) is 0. The molecule has 0 radical (unpaired) electrons. The van der Waals surface area contributed by atoms with Crippen LogP contribution in [0.2, 0.25) is 0 Å². The average molecular weight is 381 g/mol. The second kappa shape index (κ2) is 7.98. The van der Waals surface area contributed by atoms with Gasteiger partial charge in [-0.05, 0) is 31.3 Å². The molecule has 2 fully saturated rings. The summed E-state index contributed by atoms with van der Waals surface area (Å²) >= 11 is 0. The third-order valence-corrected chi connectivity index (χ3v) is 5.46. The highest BCUT2D eigenvalue weighted by Crippen LogP contribution is 2.22. The fourth-order valence-electron chi connectivity index (χ4n) is 3.66. The predicted octanol–water partition coefficient (Wildman–Crippen LogP) is 1.57. The second-order valence-electron chi connectivity index (χ2n) is 7.26. The maximum Gasteiger partial charge on any atom is 0.227 e. The van der Waals surface area contributed by atoms with E-state index >= 15 is 0 Å². The van der Waals surface area contributed by atoms with Crippen molar-refractivity contribution in [1.29, 1.82) is 5.26 Å². The minimum absolute atomic E-state index is 0.0801. The highest BCUT2D eigenvalue weighted by molar-refractivity contribution is 5.52. The summed E-state index contributed by atoms with van der Waals surface area (Å²) < 4.78 is 13.9. The molecule has 2 aliphatic heterocycles. The minimum atomic E-state index is -0.467. The minimum Gasteiger partial charge on any atom is -0.368 e. The summed E-state index contributed by atoms with van der Waals surface area (Å²) in [6.07, 6.45) is 1.83. The fourth-order valence-corrected chi connectivity index (χ4v) is 3.66. The molecule has 28 heavy (non-hydrogen) atoms. The van der Waals surface area contributed by atoms with Gasteiger partial charge in [-0.25, -0.2) is 9.37 Å². The molecule has 0 amide bonds. The maximum atomic E-state index is 13.9. The lowest BCUT2D eigenvalue weighted by Crippen LogP contribution is -2.47. The van der Waals surface area contributed by atoms with Crippen LogP contribution in [-0.2, 0) is 0 Å². The topological polar surface area (TPSA) is 62.5 Å². The van der Waals surface area contributed by atoms with E-state index in [9.17, 15) is 4.39 Å². The summed E-state index contributed by atoms with van der Waals surface area (Å²) in [6.45, 7) is 7.09. The molecule has 8 heteroatoms. The quantitative estimate of drug-likeness (QED) is 0.800. The molecule has 4 rings (SSSR count). The summed E-state index contributed by atoms with van der Waals surface area (Å²) in [5.74, 6) is 1.27. The molecule has 7 nitrogen and oxygen atoms in total. The van der Waals surface area contributed by atoms with Gasteiger partial charge in [-0.3, -0.25) is 0 Å². The van der Waals surface area contributed by atoms with Gasteiger partial charge in [-0.2, -0.15) is 10.2 Å². The highest BCUT2D eigenvalue weighted by Gasteiger charge is 2.22. The summed E-state index contributed by atoms with van der Waals surface area (Å²) in [6, 6.07) is 8.63. The monoisotopic (exact) mass is 381 g/mol. The molecule has 0 unspecified atom stereocenters. The molecule has 0 aliphatic carbocycles. The number of nitrogens with zero attached hydrogens (tertiary/aromatic N) is 7. The van der Waals surface area contributed by atoms with E-state index in [2.05, 4.69) is 31.6 Å². The number of halogens is 1. The highest BCUT2D eigenvalue weighted by atomic mass is 19.1. The molecule has 1 aromatic heterocycles. The molecule has 0 N–H and O–H groups in total. The first kappa shape index (κ1) is 18.4. The summed E-state index contributed by atoms with van der Waals surface area (Å²) in [4.78, 5) is 18.2. The van der Waals surface area contributed by atoms with Crippen LogP contribution < -0.4 is 14.7 Å². The van der Waals surface area contributed by atoms with Gasteiger partial charge in [0.2, 0.25) is 5.95 Å². The molecular formula is C20H24FN7. The number of likely N-dealkylation sites (N-methyl/N-ethyl adjacent to an activating group) is 1. The van der Waals surface area contributed by atoms with Crippen molar-refractivity contribution in [3.8, 4) is 6.07 Å². The van der Waals surface area contributed by atoms with E-state index in [1.807, 2.05) is 24.4 Å². The SMILES string of the molecule is CN1CCN(c2ccnc(N3CCN(c4ccc(C#N)c(F)c4)CC3)n2)CC1. The third-order valence-electron chi connectivity index (χ3n) is 5.46. The summed E-state index contributed by atoms with van der Waals surface area (Å²) in [7, 11) is 2.14. The van der Waals surface area contributed by atoms with E-state index in [-0.39, 0.29) is 5.56 Å². The van der Waals surface area contributed by atoms with E-state index in [0.717, 1.165) is 69.8 Å². The van der Waals surface area contributed by atoms with Gasteiger partial charge in [0, 0.05) is 64.2 Å². The Morgan fingerprint density at radius 2 is 1.61 bits per heavy atom. The third kappa shape index (κ3) is 3.85. The van der Waals surface area contributed by atoms with Crippen LogP contribution in [0.3, 0.4) is 0 Å². The lowest BCUT2D eigenvalue weighted by molar-refractivity contribution is 0.312. The molecule has 2 aromatic rings. The van der Waals surface area contributed by atoms with Crippen LogP contribution in [0.4, 0.5) is 21.8 Å². The Balaban J connectivity index is 1.41. The molecule has 3 heterocycles. The number of benzene rings is 1. The largest absolute Gasteiger partial charge is 0.368 e. The molecule has 0 spiro atoms. The van der Waals surface area contributed by atoms with Crippen LogP contribution in [0.5, 0.6) is 0 Å². The second-order valence-corrected chi connectivity index (χ2v) is 7.26. The van der Waals surface area contributed by atoms with Crippen LogP contribution in [0.15, 0.2) is 30.5 Å². The Labute approximate surface area is 164 Å². The van der Waals surface area contributed by atoms with Crippen molar-refractivity contribution in [2.75, 3.05) is 74.1 Å². The van der Waals surface area contributed by atoms with Crippen molar-refractivity contribution in [1.82, 2.24) is 14.9 Å². The van der Waals surface area contributed by atoms with E-state index in [1.165, 1.54) is 6.07 Å². The van der Waals surface area contributed by atoms with Crippen molar-refractivity contribution >= 4 is 17.5 Å². The number of hydrogen-bond acceptors (Lipinski definition) is 7. The Kier molecular flexibility index (Phi) is 5.26. The van der Waals surface area contributed by atoms with Gasteiger partial charge in [-0.15, -0.1) is 0 Å². The Morgan fingerprint density at radius 1 is 0.929 bits per heavy atom. The number of anilines is 3. The number of rotatable bonds is 3. The zero-order chi connectivity index (χ0) is 19.5. The van der Waals surface area contributed by atoms with Gasteiger partial charge in [0.25, 0.3) is 0 Å². The van der Waals surface area contributed by atoms with Crippen molar-refractivity contribution in [3.05, 3.63) is 41.8 Å². The average Bonchev–Trinajstić information content (AvgIpc) is 2.74. The van der Waals surface area contributed by atoms with Gasteiger partial charge in [0.1, 0.15) is 17.7 Å². The maximum absolute atomic E-state index is 13.9.